The highest BCUT2D eigenvalue weighted by Gasteiger charge is 2.42. The van der Waals surface area contributed by atoms with E-state index in [1.54, 1.807) is 0 Å². The van der Waals surface area contributed by atoms with E-state index in [9.17, 15) is 0 Å². The van der Waals surface area contributed by atoms with Gasteiger partial charge in [-0.05, 0) is 38.1 Å². The maximum Gasteiger partial charge on any atom is 0.0833 e. The van der Waals surface area contributed by atoms with Gasteiger partial charge in [0.15, 0.2) is 0 Å². The van der Waals surface area contributed by atoms with Crippen molar-refractivity contribution in [1.29, 1.82) is 0 Å². The molecule has 0 bridgehead atoms. The van der Waals surface area contributed by atoms with Crippen molar-refractivity contribution >= 4 is 0 Å². The molecule has 1 atom stereocenters. The molecule has 1 unspecified atom stereocenters. The first kappa shape index (κ1) is 15.3. The largest absolute Gasteiger partial charge is 0.377 e. The molecule has 2 rings (SSSR count). The molecule has 0 aromatic rings. The molecule has 0 radical (unpaired) electrons. The van der Waals surface area contributed by atoms with Gasteiger partial charge < -0.3 is 10.1 Å². The minimum absolute atomic E-state index is 0.120. The maximum atomic E-state index is 6.16. The summed E-state index contributed by atoms with van der Waals surface area (Å²) in [7, 11) is 1.96. The van der Waals surface area contributed by atoms with Crippen molar-refractivity contribution in [3.8, 4) is 0 Å². The van der Waals surface area contributed by atoms with Gasteiger partial charge >= 0.3 is 0 Å². The average molecular weight is 267 g/mol. The second-order valence-electron chi connectivity index (χ2n) is 6.62. The van der Waals surface area contributed by atoms with Crippen LogP contribution in [0, 0.1) is 5.92 Å². The number of likely N-dealkylation sites (N-methyl/N-ethyl adjacent to an activating group) is 1. The lowest BCUT2D eigenvalue weighted by atomic mass is 9.73. The zero-order valence-corrected chi connectivity index (χ0v) is 13.0. The number of hydrogen-bond donors (Lipinski definition) is 1. The molecule has 0 aliphatic heterocycles. The normalized spacial score (nSPS) is 26.8. The number of nitrogens with one attached hydrogen (secondary N) is 1. The molecule has 1 N–H and O–H groups in total. The van der Waals surface area contributed by atoms with Crippen LogP contribution >= 0.6 is 0 Å². The van der Waals surface area contributed by atoms with Gasteiger partial charge in [0.25, 0.3) is 0 Å². The Hall–Kier alpha value is -0.0800. The van der Waals surface area contributed by atoms with E-state index in [2.05, 4.69) is 12.2 Å². The van der Waals surface area contributed by atoms with Crippen LogP contribution in [0.15, 0.2) is 0 Å². The summed E-state index contributed by atoms with van der Waals surface area (Å²) in [4.78, 5) is 0. The van der Waals surface area contributed by atoms with Gasteiger partial charge in [0.1, 0.15) is 0 Å². The first-order chi connectivity index (χ1) is 9.32. The van der Waals surface area contributed by atoms with Crippen molar-refractivity contribution in [2.24, 2.45) is 5.92 Å². The van der Waals surface area contributed by atoms with Crippen molar-refractivity contribution in [2.45, 2.75) is 89.2 Å². The van der Waals surface area contributed by atoms with Crippen LogP contribution in [0.25, 0.3) is 0 Å². The molecule has 0 amide bonds. The Kier molecular flexibility index (Phi) is 6.15. The van der Waals surface area contributed by atoms with Crippen LogP contribution in [0.4, 0.5) is 0 Å². The Labute approximate surface area is 119 Å². The Morgan fingerprint density at radius 2 is 1.58 bits per heavy atom. The lowest BCUT2D eigenvalue weighted by molar-refractivity contribution is -0.0715. The van der Waals surface area contributed by atoms with Gasteiger partial charge in [0.2, 0.25) is 0 Å². The molecular weight excluding hydrogens is 234 g/mol. The van der Waals surface area contributed by atoms with Gasteiger partial charge in [-0.25, -0.2) is 0 Å². The van der Waals surface area contributed by atoms with Crippen molar-refractivity contribution in [3.05, 3.63) is 0 Å². The van der Waals surface area contributed by atoms with Gasteiger partial charge in [0.05, 0.1) is 5.60 Å². The van der Waals surface area contributed by atoms with Crippen molar-refractivity contribution in [1.82, 2.24) is 5.32 Å². The molecule has 2 saturated carbocycles. The molecule has 2 fully saturated rings. The van der Waals surface area contributed by atoms with E-state index in [0.717, 1.165) is 12.5 Å². The predicted octanol–water partition coefficient (Wildman–Crippen LogP) is 4.28. The van der Waals surface area contributed by atoms with Gasteiger partial charge in [0, 0.05) is 13.2 Å². The molecule has 2 aliphatic rings. The summed E-state index contributed by atoms with van der Waals surface area (Å²) in [5, 5.41) is 3.82. The Morgan fingerprint density at radius 3 is 2.11 bits per heavy atom. The van der Waals surface area contributed by atoms with Crippen LogP contribution in [0.2, 0.25) is 0 Å². The first-order valence-electron chi connectivity index (χ1n) is 8.61. The number of hydrogen-bond acceptors (Lipinski definition) is 2. The molecule has 0 aromatic heterocycles. The Bertz CT molecular complexity index is 240. The van der Waals surface area contributed by atoms with Crippen LogP contribution in [0.1, 0.15) is 77.6 Å². The number of rotatable bonds is 5. The second kappa shape index (κ2) is 7.64. The average Bonchev–Trinajstić information content (AvgIpc) is 2.72. The highest BCUT2D eigenvalue weighted by molar-refractivity contribution is 4.98. The number of ether oxygens (including phenoxy) is 1. The second-order valence-corrected chi connectivity index (χ2v) is 6.62. The third kappa shape index (κ3) is 3.72. The van der Waals surface area contributed by atoms with Crippen molar-refractivity contribution < 1.29 is 4.74 Å². The Balaban J connectivity index is 2.12. The zero-order valence-electron chi connectivity index (χ0n) is 13.0. The van der Waals surface area contributed by atoms with E-state index in [1.807, 2.05) is 7.11 Å². The summed E-state index contributed by atoms with van der Waals surface area (Å²) >= 11 is 0. The van der Waals surface area contributed by atoms with Crippen molar-refractivity contribution in [3.63, 3.8) is 0 Å². The fraction of sp³-hybridized carbons (Fsp3) is 1.00. The van der Waals surface area contributed by atoms with E-state index < -0.39 is 0 Å². The fourth-order valence-electron chi connectivity index (χ4n) is 4.44. The summed E-state index contributed by atoms with van der Waals surface area (Å²) < 4.78 is 6.16. The van der Waals surface area contributed by atoms with Crippen LogP contribution in [0.3, 0.4) is 0 Å². The summed E-state index contributed by atoms with van der Waals surface area (Å²) in [6, 6.07) is 0.584. The van der Waals surface area contributed by atoms with Gasteiger partial charge in [-0.15, -0.1) is 0 Å². The first-order valence-corrected chi connectivity index (χ1v) is 8.61. The molecule has 2 aliphatic carbocycles. The molecule has 112 valence electrons. The van der Waals surface area contributed by atoms with E-state index in [-0.39, 0.29) is 5.60 Å². The highest BCUT2D eigenvalue weighted by atomic mass is 16.5. The summed E-state index contributed by atoms with van der Waals surface area (Å²) in [5.74, 6) is 0.840. The van der Waals surface area contributed by atoms with Crippen LogP contribution in [-0.4, -0.2) is 25.3 Å². The summed E-state index contributed by atoms with van der Waals surface area (Å²) in [6.07, 6.45) is 15.1. The van der Waals surface area contributed by atoms with Gasteiger partial charge in [-0.3, -0.25) is 0 Å². The lowest BCUT2D eigenvalue weighted by Gasteiger charge is -2.45. The molecule has 0 spiro atoms. The third-order valence-electron chi connectivity index (χ3n) is 5.47. The molecular formula is C17H33NO. The summed E-state index contributed by atoms with van der Waals surface area (Å²) in [5.41, 5.74) is 0.120. The lowest BCUT2D eigenvalue weighted by Crippen LogP contribution is -2.56. The SMILES string of the molecule is CCNC(C1CCCCC1)C1(OC)CCCCCC1. The summed E-state index contributed by atoms with van der Waals surface area (Å²) in [6.45, 7) is 3.32. The van der Waals surface area contributed by atoms with Crippen LogP contribution in [-0.2, 0) is 4.74 Å². The smallest absolute Gasteiger partial charge is 0.0833 e. The number of methoxy groups -OCH3 is 1. The molecule has 19 heavy (non-hydrogen) atoms. The van der Waals surface area contributed by atoms with E-state index in [1.165, 1.54) is 70.6 Å². The monoisotopic (exact) mass is 267 g/mol. The van der Waals surface area contributed by atoms with Crippen molar-refractivity contribution in [2.75, 3.05) is 13.7 Å². The quantitative estimate of drug-likeness (QED) is 0.751. The predicted molar refractivity (Wildman–Crippen MR) is 81.5 cm³/mol. The van der Waals surface area contributed by atoms with E-state index >= 15 is 0 Å². The standard InChI is InChI=1S/C17H33NO/c1-3-18-16(15-11-7-6-8-12-15)17(19-2)13-9-4-5-10-14-17/h15-16,18H,3-14H2,1-2H3. The molecule has 0 heterocycles. The minimum atomic E-state index is 0.120. The molecule has 0 saturated heterocycles. The highest BCUT2D eigenvalue weighted by Crippen LogP contribution is 2.39. The van der Waals surface area contributed by atoms with Crippen LogP contribution < -0.4 is 5.32 Å². The fourth-order valence-corrected chi connectivity index (χ4v) is 4.44. The van der Waals surface area contributed by atoms with E-state index in [0.29, 0.717) is 6.04 Å². The minimum Gasteiger partial charge on any atom is -0.377 e. The Morgan fingerprint density at radius 1 is 1.00 bits per heavy atom. The van der Waals surface area contributed by atoms with Crippen LogP contribution in [0.5, 0.6) is 0 Å². The van der Waals surface area contributed by atoms with E-state index in [4.69, 9.17) is 4.74 Å². The zero-order chi connectivity index (χ0) is 13.6. The maximum absolute atomic E-state index is 6.16. The molecule has 0 aromatic carbocycles. The third-order valence-corrected chi connectivity index (χ3v) is 5.47. The van der Waals surface area contributed by atoms with Gasteiger partial charge in [-0.2, -0.15) is 0 Å². The molecule has 2 heteroatoms. The molecule has 2 nitrogen and oxygen atoms in total. The van der Waals surface area contributed by atoms with Gasteiger partial charge in [-0.1, -0.05) is 51.9 Å². The topological polar surface area (TPSA) is 21.3 Å².